The quantitative estimate of drug-likeness (QED) is 0.0650. The Morgan fingerprint density at radius 3 is 2.48 bits per heavy atom. The van der Waals surface area contributed by atoms with E-state index in [4.69, 9.17) is 18.9 Å². The standard InChI is InChI=1S/C55H60F2N8O9S/c1-35(2)42-5-3-4-6-43(42)46-32-62(31-36-7-9-38(56)10-8-36)21-22-64(46)40-28-54(29-40)14-19-63(20-15-54)39-11-12-44(47(26-39)74-41-25-37-13-18-58-52(37)59-30-41)53(66)61-75(69,70)48-27-45(65(67)68)49(51-50(48)72-34-73-51)60-33-55(57)16-23-71-24-17-55/h3-13,18,25-27,30,35,40,46,60H,14-17,19-24,28-29,31-34H2,1-2H3,(H,58,59)(H,61,66)/t46-/m0/s1. The van der Waals surface area contributed by atoms with Crippen LogP contribution in [0.1, 0.15) is 91.4 Å². The Balaban J connectivity index is 0.810. The number of aromatic amines is 1. The number of nitro groups is 1. The number of sulfonamides is 1. The summed E-state index contributed by atoms with van der Waals surface area (Å²) in [6.07, 6.45) is 7.47. The number of anilines is 2. The van der Waals surface area contributed by atoms with E-state index in [1.165, 1.54) is 35.5 Å². The van der Waals surface area contributed by atoms with E-state index in [9.17, 15) is 27.7 Å². The molecule has 394 valence electrons. The summed E-state index contributed by atoms with van der Waals surface area (Å²) in [5, 5.41) is 16.0. The van der Waals surface area contributed by atoms with Gasteiger partial charge in [0, 0.05) is 113 Å². The third-order valence-corrected chi connectivity index (χ3v) is 17.2. The van der Waals surface area contributed by atoms with Gasteiger partial charge in [-0.05, 0) is 90.1 Å². The molecule has 1 atom stereocenters. The summed E-state index contributed by atoms with van der Waals surface area (Å²) >= 11 is 0. The number of halogens is 2. The number of ether oxygens (including phenoxy) is 4. The van der Waals surface area contributed by atoms with Crippen LogP contribution >= 0.6 is 0 Å². The van der Waals surface area contributed by atoms with Crippen molar-refractivity contribution < 1.29 is 45.9 Å². The van der Waals surface area contributed by atoms with E-state index in [0.717, 1.165) is 87.7 Å². The Morgan fingerprint density at radius 1 is 0.960 bits per heavy atom. The molecule has 17 nitrogen and oxygen atoms in total. The second kappa shape index (κ2) is 20.3. The number of benzene rings is 4. The summed E-state index contributed by atoms with van der Waals surface area (Å²) in [6, 6.07) is 25.7. The van der Waals surface area contributed by atoms with Gasteiger partial charge in [-0.15, -0.1) is 0 Å². The van der Waals surface area contributed by atoms with Crippen LogP contribution in [0.5, 0.6) is 23.0 Å². The number of aromatic nitrogens is 2. The van der Waals surface area contributed by atoms with E-state index in [1.807, 2.05) is 18.2 Å². The van der Waals surface area contributed by atoms with Crippen molar-refractivity contribution in [1.29, 1.82) is 0 Å². The largest absolute Gasteiger partial charge is 0.455 e. The van der Waals surface area contributed by atoms with Crippen molar-refractivity contribution in [3.8, 4) is 23.0 Å². The first-order valence-corrected chi connectivity index (χ1v) is 27.1. The number of pyridine rings is 1. The van der Waals surface area contributed by atoms with Crippen LogP contribution < -0.4 is 29.1 Å². The average molecular weight is 1050 g/mol. The number of alkyl halides is 1. The molecular formula is C55H60F2N8O9S. The minimum absolute atomic E-state index is 0.0624. The molecule has 11 rings (SSSR count). The van der Waals surface area contributed by atoms with Crippen molar-refractivity contribution in [2.24, 2.45) is 5.41 Å². The van der Waals surface area contributed by atoms with Crippen LogP contribution in [0.4, 0.5) is 25.8 Å². The number of hydrogen-bond donors (Lipinski definition) is 3. The van der Waals surface area contributed by atoms with Gasteiger partial charge >= 0.3 is 0 Å². The maximum atomic E-state index is 15.6. The molecule has 1 spiro atoms. The first-order chi connectivity index (χ1) is 36.1. The van der Waals surface area contributed by atoms with Crippen LogP contribution in [-0.2, 0) is 21.3 Å². The number of piperidine rings is 1. The molecule has 3 N–H and O–H groups in total. The Morgan fingerprint density at radius 2 is 1.72 bits per heavy atom. The first kappa shape index (κ1) is 50.3. The molecule has 6 aromatic rings. The highest BCUT2D eigenvalue weighted by Crippen LogP contribution is 2.54. The lowest BCUT2D eigenvalue weighted by Gasteiger charge is -2.58. The minimum Gasteiger partial charge on any atom is -0.455 e. The molecule has 20 heteroatoms. The van der Waals surface area contributed by atoms with Crippen molar-refractivity contribution >= 4 is 44.0 Å². The first-order valence-electron chi connectivity index (χ1n) is 25.6. The minimum atomic E-state index is -4.89. The number of rotatable bonds is 15. The van der Waals surface area contributed by atoms with E-state index in [1.54, 1.807) is 24.4 Å². The average Bonchev–Trinajstić information content (AvgIpc) is 4.08. The van der Waals surface area contributed by atoms with Crippen LogP contribution in [-0.4, -0.2) is 110 Å². The fraction of sp³-hybridized carbons (Fsp3) is 0.418. The van der Waals surface area contributed by atoms with Crippen LogP contribution in [0.15, 0.2) is 102 Å². The second-order valence-electron chi connectivity index (χ2n) is 21.0. The van der Waals surface area contributed by atoms with E-state index in [-0.39, 0.29) is 78.4 Å². The van der Waals surface area contributed by atoms with Gasteiger partial charge in [0.05, 0.1) is 16.7 Å². The fourth-order valence-electron chi connectivity index (χ4n) is 11.7. The number of hydrogen-bond acceptors (Lipinski definition) is 14. The number of nitro benzene ring substituents is 1. The molecule has 1 saturated carbocycles. The maximum absolute atomic E-state index is 15.6. The molecule has 0 bridgehead atoms. The fourth-order valence-corrected chi connectivity index (χ4v) is 12.9. The highest BCUT2D eigenvalue weighted by molar-refractivity contribution is 7.90. The Bertz CT molecular complexity index is 3230. The summed E-state index contributed by atoms with van der Waals surface area (Å²) in [6.45, 7) is 9.10. The molecule has 1 aliphatic carbocycles. The van der Waals surface area contributed by atoms with Crippen LogP contribution in [0.25, 0.3) is 11.0 Å². The Kier molecular flexibility index (Phi) is 13.6. The normalized spacial score (nSPS) is 19.8. The summed E-state index contributed by atoms with van der Waals surface area (Å²) in [5.41, 5.74) is 2.63. The molecule has 2 aromatic heterocycles. The van der Waals surface area contributed by atoms with Crippen LogP contribution in [0, 0.1) is 21.3 Å². The lowest BCUT2D eigenvalue weighted by atomic mass is 9.59. The summed E-state index contributed by atoms with van der Waals surface area (Å²) in [5.74, 6) is -1.20. The number of H-pyrrole nitrogens is 1. The Hall–Kier alpha value is -6.87. The lowest BCUT2D eigenvalue weighted by Crippen LogP contribution is -2.60. The molecule has 4 aliphatic heterocycles. The smallest absolute Gasteiger partial charge is 0.297 e. The topological polar surface area (TPSA) is 194 Å². The van der Waals surface area contributed by atoms with Gasteiger partial charge in [-0.3, -0.25) is 24.7 Å². The van der Waals surface area contributed by atoms with Gasteiger partial charge in [-0.25, -0.2) is 26.9 Å². The summed E-state index contributed by atoms with van der Waals surface area (Å²) in [7, 11) is -4.89. The molecule has 3 saturated heterocycles. The molecule has 4 aromatic carbocycles. The van der Waals surface area contributed by atoms with Crippen molar-refractivity contribution in [2.75, 3.05) is 69.5 Å². The highest BCUT2D eigenvalue weighted by atomic mass is 32.2. The van der Waals surface area contributed by atoms with Crippen LogP contribution in [0.2, 0.25) is 0 Å². The number of nitrogens with one attached hydrogen (secondary N) is 3. The molecule has 4 fully saturated rings. The monoisotopic (exact) mass is 1050 g/mol. The molecule has 5 aliphatic rings. The molecule has 0 radical (unpaired) electrons. The third kappa shape index (κ3) is 10.3. The summed E-state index contributed by atoms with van der Waals surface area (Å²) < 4.78 is 82.6. The van der Waals surface area contributed by atoms with Gasteiger partial charge < -0.3 is 34.1 Å². The number of piperazine rings is 1. The number of fused-ring (bicyclic) bond motifs is 2. The molecule has 1 amide bonds. The summed E-state index contributed by atoms with van der Waals surface area (Å²) in [4.78, 5) is 40.2. The number of amides is 1. The number of carbonyl (C=O) groups is 1. The maximum Gasteiger partial charge on any atom is 0.297 e. The van der Waals surface area contributed by atoms with Crippen molar-refractivity contribution in [3.05, 3.63) is 136 Å². The van der Waals surface area contributed by atoms with Gasteiger partial charge in [0.15, 0.2) is 17.2 Å². The van der Waals surface area contributed by atoms with Gasteiger partial charge in [-0.2, -0.15) is 0 Å². The van der Waals surface area contributed by atoms with Crippen LogP contribution in [0.3, 0.4) is 0 Å². The molecular weight excluding hydrogens is 987 g/mol. The molecule has 0 unspecified atom stereocenters. The Labute approximate surface area is 433 Å². The van der Waals surface area contributed by atoms with E-state index < -0.39 is 43.9 Å². The van der Waals surface area contributed by atoms with Gasteiger partial charge in [0.2, 0.25) is 6.79 Å². The third-order valence-electron chi connectivity index (χ3n) is 15.9. The lowest BCUT2D eigenvalue weighted by molar-refractivity contribution is -0.384. The van der Waals surface area contributed by atoms with Crippen molar-refractivity contribution in [1.82, 2.24) is 24.5 Å². The number of nitrogens with zero attached hydrogens (tertiary/aromatic N) is 5. The van der Waals surface area contributed by atoms with E-state index >= 15 is 4.39 Å². The SMILES string of the molecule is CC(C)c1ccccc1[C@@H]1CN(Cc2ccc(F)cc2)CCN1C1CC2(CCN(c3ccc(C(=O)NS(=O)(=O)c4cc([N+](=O)[O-])c(NCC5(F)CCOCC5)c5c4OCO5)c(Oc4cnc5[nH]ccc5c4)c3)CC2)C1. The van der Waals surface area contributed by atoms with Gasteiger partial charge in [0.25, 0.3) is 21.6 Å². The van der Waals surface area contributed by atoms with Crippen molar-refractivity contribution in [2.45, 2.75) is 87.5 Å². The zero-order chi connectivity index (χ0) is 52.1. The number of carbonyl (C=O) groups excluding carboxylic acids is 1. The predicted molar refractivity (Wildman–Crippen MR) is 277 cm³/mol. The van der Waals surface area contributed by atoms with Gasteiger partial charge in [-0.1, -0.05) is 50.2 Å². The zero-order valence-corrected chi connectivity index (χ0v) is 42.7. The second-order valence-corrected chi connectivity index (χ2v) is 22.6. The zero-order valence-electron chi connectivity index (χ0n) is 41.9. The van der Waals surface area contributed by atoms with E-state index in [2.05, 4.69) is 72.8 Å². The van der Waals surface area contributed by atoms with Gasteiger partial charge in [0.1, 0.15) is 33.5 Å². The van der Waals surface area contributed by atoms with E-state index in [0.29, 0.717) is 23.4 Å². The molecule has 75 heavy (non-hydrogen) atoms. The van der Waals surface area contributed by atoms with Crippen molar-refractivity contribution in [3.63, 3.8) is 0 Å². The predicted octanol–water partition coefficient (Wildman–Crippen LogP) is 9.61. The highest BCUT2D eigenvalue weighted by Gasteiger charge is 2.50. The molecule has 6 heterocycles.